The summed E-state index contributed by atoms with van der Waals surface area (Å²) in [5.41, 5.74) is 3.26. The highest BCUT2D eigenvalue weighted by Crippen LogP contribution is 2.28. The van der Waals surface area contributed by atoms with E-state index in [1.165, 1.54) is 25.7 Å². The molecule has 0 N–H and O–H groups in total. The molecule has 0 aromatic heterocycles. The monoisotopic (exact) mass is 207 g/mol. The predicted octanol–water partition coefficient (Wildman–Crippen LogP) is 4.33. The van der Waals surface area contributed by atoms with Gasteiger partial charge in [0, 0.05) is 12.2 Å². The van der Waals surface area contributed by atoms with Crippen LogP contribution in [-0.2, 0) is 0 Å². The Balaban J connectivity index is 2.99. The molecule has 0 aromatic rings. The summed E-state index contributed by atoms with van der Waals surface area (Å²) in [6.45, 7) is 10.2. The third kappa shape index (κ3) is 3.12. The number of hydrogen-bond acceptors (Lipinski definition) is 1. The van der Waals surface area contributed by atoms with Crippen LogP contribution in [0.4, 0.5) is 0 Å². The highest BCUT2D eigenvalue weighted by Gasteiger charge is 2.16. The standard InChI is InChI=1S/C14H25N/c1-5-9-13-10-7-8-11-15(6-2)14(13)12(3)4/h8,11-12H,5-7,9-10H2,1-4H3. The van der Waals surface area contributed by atoms with Crippen molar-refractivity contribution in [2.24, 2.45) is 5.92 Å². The van der Waals surface area contributed by atoms with Gasteiger partial charge >= 0.3 is 0 Å². The van der Waals surface area contributed by atoms with Crippen LogP contribution in [0.5, 0.6) is 0 Å². The van der Waals surface area contributed by atoms with E-state index in [9.17, 15) is 0 Å². The van der Waals surface area contributed by atoms with Crippen molar-refractivity contribution in [1.82, 2.24) is 4.90 Å². The van der Waals surface area contributed by atoms with E-state index in [1.807, 2.05) is 0 Å². The first kappa shape index (κ1) is 12.4. The Morgan fingerprint density at radius 3 is 2.60 bits per heavy atom. The van der Waals surface area contributed by atoms with Gasteiger partial charge in [0.2, 0.25) is 0 Å². The van der Waals surface area contributed by atoms with Crippen LogP contribution < -0.4 is 0 Å². The maximum Gasteiger partial charge on any atom is 0.0193 e. The van der Waals surface area contributed by atoms with E-state index >= 15 is 0 Å². The molecule has 1 aliphatic rings. The third-order valence-electron chi connectivity index (χ3n) is 3.01. The number of hydrogen-bond donors (Lipinski definition) is 0. The fourth-order valence-electron chi connectivity index (χ4n) is 2.44. The van der Waals surface area contributed by atoms with Crippen molar-refractivity contribution in [3.8, 4) is 0 Å². The van der Waals surface area contributed by atoms with Gasteiger partial charge in [0.05, 0.1) is 0 Å². The predicted molar refractivity (Wildman–Crippen MR) is 67.5 cm³/mol. The quantitative estimate of drug-likeness (QED) is 0.663. The van der Waals surface area contributed by atoms with E-state index in [1.54, 1.807) is 11.3 Å². The summed E-state index contributed by atoms with van der Waals surface area (Å²) < 4.78 is 0. The minimum atomic E-state index is 0.647. The zero-order valence-corrected chi connectivity index (χ0v) is 10.7. The molecule has 0 aromatic carbocycles. The molecule has 0 atom stereocenters. The molecule has 0 saturated heterocycles. The summed E-state index contributed by atoms with van der Waals surface area (Å²) in [7, 11) is 0. The topological polar surface area (TPSA) is 3.24 Å². The van der Waals surface area contributed by atoms with Crippen LogP contribution in [0.25, 0.3) is 0 Å². The minimum absolute atomic E-state index is 0.647. The summed E-state index contributed by atoms with van der Waals surface area (Å²) in [6, 6.07) is 0. The second-order valence-corrected chi connectivity index (χ2v) is 4.60. The molecule has 86 valence electrons. The van der Waals surface area contributed by atoms with Gasteiger partial charge < -0.3 is 4.90 Å². The van der Waals surface area contributed by atoms with Gasteiger partial charge in [0.25, 0.3) is 0 Å². The highest BCUT2D eigenvalue weighted by molar-refractivity contribution is 5.20. The molecule has 1 heterocycles. The van der Waals surface area contributed by atoms with Crippen molar-refractivity contribution in [3.05, 3.63) is 23.5 Å². The lowest BCUT2D eigenvalue weighted by molar-refractivity contribution is 0.424. The molecule has 0 bridgehead atoms. The van der Waals surface area contributed by atoms with Crippen LogP contribution in [0.2, 0.25) is 0 Å². The lowest BCUT2D eigenvalue weighted by atomic mass is 9.97. The van der Waals surface area contributed by atoms with Gasteiger partial charge in [-0.2, -0.15) is 0 Å². The van der Waals surface area contributed by atoms with Crippen LogP contribution in [-0.4, -0.2) is 11.4 Å². The molecule has 0 unspecified atom stereocenters. The lowest BCUT2D eigenvalue weighted by Gasteiger charge is -2.27. The van der Waals surface area contributed by atoms with Gasteiger partial charge in [-0.1, -0.05) is 38.8 Å². The van der Waals surface area contributed by atoms with Crippen molar-refractivity contribution < 1.29 is 0 Å². The summed E-state index contributed by atoms with van der Waals surface area (Å²) in [4.78, 5) is 2.43. The Hall–Kier alpha value is -0.720. The van der Waals surface area contributed by atoms with Gasteiger partial charge in [0.1, 0.15) is 0 Å². The average Bonchev–Trinajstić information content (AvgIpc) is 2.40. The fraction of sp³-hybridized carbons (Fsp3) is 0.714. The lowest BCUT2D eigenvalue weighted by Crippen LogP contribution is -2.21. The number of rotatable bonds is 4. The average molecular weight is 207 g/mol. The summed E-state index contributed by atoms with van der Waals surface area (Å²) in [6.07, 6.45) is 9.59. The molecule has 0 spiro atoms. The van der Waals surface area contributed by atoms with Gasteiger partial charge in [-0.05, 0) is 38.3 Å². The maximum atomic E-state index is 2.43. The Morgan fingerprint density at radius 2 is 2.07 bits per heavy atom. The minimum Gasteiger partial charge on any atom is -0.352 e. The van der Waals surface area contributed by atoms with Crippen molar-refractivity contribution in [2.75, 3.05) is 6.54 Å². The molecule has 1 nitrogen and oxygen atoms in total. The Bertz CT molecular complexity index is 248. The first-order valence-corrected chi connectivity index (χ1v) is 6.35. The third-order valence-corrected chi connectivity index (χ3v) is 3.01. The summed E-state index contributed by atoms with van der Waals surface area (Å²) in [5.74, 6) is 0.647. The second kappa shape index (κ2) is 5.99. The van der Waals surface area contributed by atoms with Crippen LogP contribution in [0.3, 0.4) is 0 Å². The van der Waals surface area contributed by atoms with Crippen LogP contribution in [0.15, 0.2) is 23.5 Å². The molecule has 15 heavy (non-hydrogen) atoms. The Morgan fingerprint density at radius 1 is 1.33 bits per heavy atom. The first-order valence-electron chi connectivity index (χ1n) is 6.35. The normalized spacial score (nSPS) is 17.5. The van der Waals surface area contributed by atoms with Gasteiger partial charge in [-0.3, -0.25) is 0 Å². The maximum absolute atomic E-state index is 2.43. The van der Waals surface area contributed by atoms with E-state index in [4.69, 9.17) is 0 Å². The van der Waals surface area contributed by atoms with E-state index < -0.39 is 0 Å². The van der Waals surface area contributed by atoms with Gasteiger partial charge in [0.15, 0.2) is 0 Å². The van der Waals surface area contributed by atoms with E-state index in [0.717, 1.165) is 6.54 Å². The Labute approximate surface area is 94.9 Å². The molecule has 0 fully saturated rings. The van der Waals surface area contributed by atoms with Crippen LogP contribution >= 0.6 is 0 Å². The molecule has 1 rings (SSSR count). The van der Waals surface area contributed by atoms with Crippen molar-refractivity contribution >= 4 is 0 Å². The van der Waals surface area contributed by atoms with E-state index in [-0.39, 0.29) is 0 Å². The molecule has 0 amide bonds. The molecule has 1 heteroatoms. The Kier molecular flexibility index (Phi) is 4.93. The molecule has 0 aliphatic carbocycles. The largest absolute Gasteiger partial charge is 0.352 e. The van der Waals surface area contributed by atoms with Crippen molar-refractivity contribution in [2.45, 2.75) is 53.4 Å². The summed E-state index contributed by atoms with van der Waals surface area (Å²) >= 11 is 0. The zero-order chi connectivity index (χ0) is 11.3. The SMILES string of the molecule is CCCC1=C(C(C)C)N(CC)C=CCC1. The zero-order valence-electron chi connectivity index (χ0n) is 10.7. The van der Waals surface area contributed by atoms with E-state index in [2.05, 4.69) is 44.9 Å². The number of nitrogens with zero attached hydrogens (tertiary/aromatic N) is 1. The van der Waals surface area contributed by atoms with Gasteiger partial charge in [-0.25, -0.2) is 0 Å². The smallest absolute Gasteiger partial charge is 0.0193 e. The van der Waals surface area contributed by atoms with Crippen LogP contribution in [0.1, 0.15) is 53.4 Å². The molecular formula is C14H25N. The number of allylic oxidation sites excluding steroid dienone is 3. The molecular weight excluding hydrogens is 182 g/mol. The first-order chi connectivity index (χ1) is 7.20. The van der Waals surface area contributed by atoms with Gasteiger partial charge in [-0.15, -0.1) is 0 Å². The highest BCUT2D eigenvalue weighted by atomic mass is 15.1. The molecule has 0 radical (unpaired) electrons. The van der Waals surface area contributed by atoms with Crippen LogP contribution in [0, 0.1) is 5.92 Å². The molecule has 0 saturated carbocycles. The van der Waals surface area contributed by atoms with E-state index in [0.29, 0.717) is 5.92 Å². The van der Waals surface area contributed by atoms with Crippen molar-refractivity contribution in [1.29, 1.82) is 0 Å². The molecule has 1 aliphatic heterocycles. The van der Waals surface area contributed by atoms with Crippen molar-refractivity contribution in [3.63, 3.8) is 0 Å². The second-order valence-electron chi connectivity index (χ2n) is 4.60. The summed E-state index contributed by atoms with van der Waals surface area (Å²) in [5, 5.41) is 0. The fourth-order valence-corrected chi connectivity index (χ4v) is 2.44.